The van der Waals surface area contributed by atoms with Crippen LogP contribution in [0.4, 0.5) is 0 Å². The fourth-order valence-electron chi connectivity index (χ4n) is 2.31. The molecule has 1 unspecified atom stereocenters. The normalized spacial score (nSPS) is 12.5. The highest BCUT2D eigenvalue weighted by Gasteiger charge is 2.12. The molecule has 4 nitrogen and oxygen atoms in total. The van der Waals surface area contributed by atoms with Crippen LogP contribution in [-0.2, 0) is 6.54 Å². The van der Waals surface area contributed by atoms with Crippen LogP contribution in [0.15, 0.2) is 6.07 Å². The summed E-state index contributed by atoms with van der Waals surface area (Å²) in [6, 6.07) is 2.05. The third-order valence-corrected chi connectivity index (χ3v) is 3.62. The first-order chi connectivity index (χ1) is 9.04. The second-order valence-electron chi connectivity index (χ2n) is 4.91. The van der Waals surface area contributed by atoms with Crippen molar-refractivity contribution in [2.24, 2.45) is 0 Å². The molecule has 0 spiro atoms. The van der Waals surface area contributed by atoms with Gasteiger partial charge in [0.25, 0.3) is 0 Å². The van der Waals surface area contributed by atoms with Crippen molar-refractivity contribution in [1.82, 2.24) is 5.32 Å². The van der Waals surface area contributed by atoms with E-state index < -0.39 is 0 Å². The molecule has 3 N–H and O–H groups in total. The van der Waals surface area contributed by atoms with Crippen LogP contribution in [-0.4, -0.2) is 36.6 Å². The van der Waals surface area contributed by atoms with Crippen molar-refractivity contribution in [3.05, 3.63) is 28.3 Å². The minimum atomic E-state index is -0.0629. The lowest BCUT2D eigenvalue weighted by Gasteiger charge is -2.19. The molecule has 0 saturated heterocycles. The molecule has 0 bridgehead atoms. The Hall–Kier alpha value is -1.10. The molecular weight excluding hydrogens is 242 g/mol. The van der Waals surface area contributed by atoms with Gasteiger partial charge < -0.3 is 20.3 Å². The Bertz CT molecular complexity index is 418. The van der Waals surface area contributed by atoms with E-state index in [-0.39, 0.29) is 19.3 Å². The van der Waals surface area contributed by atoms with Crippen molar-refractivity contribution in [2.45, 2.75) is 39.8 Å². The van der Waals surface area contributed by atoms with E-state index in [4.69, 9.17) is 9.84 Å². The highest BCUT2D eigenvalue weighted by molar-refractivity contribution is 5.48. The van der Waals surface area contributed by atoms with Gasteiger partial charge in [0.05, 0.1) is 13.7 Å². The number of ether oxygens (including phenoxy) is 1. The number of aryl methyl sites for hydroxylation is 1. The van der Waals surface area contributed by atoms with Crippen molar-refractivity contribution < 1.29 is 14.9 Å². The van der Waals surface area contributed by atoms with Crippen LogP contribution in [0.3, 0.4) is 0 Å². The van der Waals surface area contributed by atoms with E-state index >= 15 is 0 Å². The third-order valence-electron chi connectivity index (χ3n) is 3.62. The van der Waals surface area contributed by atoms with Gasteiger partial charge in [-0.3, -0.25) is 0 Å². The molecule has 0 amide bonds. The van der Waals surface area contributed by atoms with Gasteiger partial charge in [0.2, 0.25) is 0 Å². The van der Waals surface area contributed by atoms with E-state index in [9.17, 15) is 5.11 Å². The van der Waals surface area contributed by atoms with E-state index in [2.05, 4.69) is 25.2 Å². The molecule has 0 aliphatic carbocycles. The zero-order chi connectivity index (χ0) is 14.4. The standard InChI is InChI=1S/C15H25NO3/c1-10-7-13(8-16-14(9-18)5-6-17)11(2)12(3)15(10)19-4/h7,14,16-18H,5-6,8-9H2,1-4H3. The minimum absolute atomic E-state index is 0.0354. The van der Waals surface area contributed by atoms with Crippen LogP contribution in [0.1, 0.15) is 28.7 Å². The number of nitrogens with one attached hydrogen (secondary N) is 1. The van der Waals surface area contributed by atoms with Crippen molar-refractivity contribution in [1.29, 1.82) is 0 Å². The van der Waals surface area contributed by atoms with Crippen molar-refractivity contribution in [3.63, 3.8) is 0 Å². The molecule has 1 aromatic carbocycles. The van der Waals surface area contributed by atoms with E-state index in [0.29, 0.717) is 13.0 Å². The number of rotatable bonds is 7. The Morgan fingerprint density at radius 3 is 2.42 bits per heavy atom. The fraction of sp³-hybridized carbons (Fsp3) is 0.600. The van der Waals surface area contributed by atoms with Crippen LogP contribution in [0.25, 0.3) is 0 Å². The highest BCUT2D eigenvalue weighted by Crippen LogP contribution is 2.28. The second-order valence-corrected chi connectivity index (χ2v) is 4.91. The van der Waals surface area contributed by atoms with E-state index in [1.165, 1.54) is 11.1 Å². The van der Waals surface area contributed by atoms with Gasteiger partial charge in [-0.15, -0.1) is 0 Å². The molecule has 0 aromatic heterocycles. The average Bonchev–Trinajstić information content (AvgIpc) is 2.40. The Kier molecular flexibility index (Phi) is 6.28. The maximum atomic E-state index is 9.20. The first-order valence-electron chi connectivity index (χ1n) is 6.63. The van der Waals surface area contributed by atoms with Crippen LogP contribution in [0.2, 0.25) is 0 Å². The average molecular weight is 267 g/mol. The number of aliphatic hydroxyl groups is 2. The number of aliphatic hydroxyl groups excluding tert-OH is 2. The molecule has 1 rings (SSSR count). The van der Waals surface area contributed by atoms with Crippen LogP contribution < -0.4 is 10.1 Å². The smallest absolute Gasteiger partial charge is 0.124 e. The topological polar surface area (TPSA) is 61.7 Å². The predicted octanol–water partition coefficient (Wildman–Crippen LogP) is 1.45. The number of hydrogen-bond donors (Lipinski definition) is 3. The zero-order valence-corrected chi connectivity index (χ0v) is 12.3. The van der Waals surface area contributed by atoms with E-state index in [1.54, 1.807) is 7.11 Å². The van der Waals surface area contributed by atoms with Crippen molar-refractivity contribution in [2.75, 3.05) is 20.3 Å². The Labute approximate surface area is 115 Å². The van der Waals surface area contributed by atoms with Crippen molar-refractivity contribution >= 4 is 0 Å². The lowest BCUT2D eigenvalue weighted by Crippen LogP contribution is -2.33. The van der Waals surface area contributed by atoms with Gasteiger partial charge in [-0.05, 0) is 49.4 Å². The summed E-state index contributed by atoms with van der Waals surface area (Å²) in [5, 5.41) is 21.4. The molecule has 1 atom stereocenters. The van der Waals surface area contributed by atoms with E-state index in [1.807, 2.05) is 6.92 Å². The molecule has 0 aliphatic heterocycles. The lowest BCUT2D eigenvalue weighted by atomic mass is 9.98. The molecule has 0 radical (unpaired) electrons. The quantitative estimate of drug-likeness (QED) is 0.700. The van der Waals surface area contributed by atoms with Gasteiger partial charge in [-0.25, -0.2) is 0 Å². The first kappa shape index (κ1) is 16.0. The summed E-state index contributed by atoms with van der Waals surface area (Å²) in [7, 11) is 1.69. The number of hydrogen-bond acceptors (Lipinski definition) is 4. The maximum absolute atomic E-state index is 9.20. The largest absolute Gasteiger partial charge is 0.496 e. The number of benzene rings is 1. The fourth-order valence-corrected chi connectivity index (χ4v) is 2.31. The summed E-state index contributed by atoms with van der Waals surface area (Å²) in [6.45, 7) is 6.97. The second kappa shape index (κ2) is 7.48. The predicted molar refractivity (Wildman–Crippen MR) is 76.6 cm³/mol. The molecule has 0 saturated carbocycles. The highest BCUT2D eigenvalue weighted by atomic mass is 16.5. The monoisotopic (exact) mass is 267 g/mol. The molecule has 0 fully saturated rings. The van der Waals surface area contributed by atoms with Crippen LogP contribution in [0, 0.1) is 20.8 Å². The van der Waals surface area contributed by atoms with Gasteiger partial charge in [0.1, 0.15) is 5.75 Å². The molecule has 0 aliphatic rings. The molecule has 0 heterocycles. The SMILES string of the molecule is COc1c(C)cc(CNC(CO)CCO)c(C)c1C. The third kappa shape index (κ3) is 3.93. The van der Waals surface area contributed by atoms with Gasteiger partial charge in [0.15, 0.2) is 0 Å². The van der Waals surface area contributed by atoms with Gasteiger partial charge in [0, 0.05) is 19.2 Å². The molecule has 19 heavy (non-hydrogen) atoms. The number of methoxy groups -OCH3 is 1. The Morgan fingerprint density at radius 2 is 1.89 bits per heavy atom. The molecule has 4 heteroatoms. The van der Waals surface area contributed by atoms with Gasteiger partial charge in [-0.2, -0.15) is 0 Å². The first-order valence-corrected chi connectivity index (χ1v) is 6.63. The van der Waals surface area contributed by atoms with Crippen molar-refractivity contribution in [3.8, 4) is 5.75 Å². The summed E-state index contributed by atoms with van der Waals surface area (Å²) in [5.41, 5.74) is 4.68. The summed E-state index contributed by atoms with van der Waals surface area (Å²) in [4.78, 5) is 0. The molecular formula is C15H25NO3. The summed E-state index contributed by atoms with van der Waals surface area (Å²) < 4.78 is 5.40. The summed E-state index contributed by atoms with van der Waals surface area (Å²) in [6.07, 6.45) is 0.559. The van der Waals surface area contributed by atoms with Gasteiger partial charge >= 0.3 is 0 Å². The molecule has 108 valence electrons. The Balaban J connectivity index is 2.84. The Morgan fingerprint density at radius 1 is 1.21 bits per heavy atom. The molecule has 1 aromatic rings. The summed E-state index contributed by atoms with van der Waals surface area (Å²) in [5.74, 6) is 0.940. The van der Waals surface area contributed by atoms with E-state index in [0.717, 1.165) is 16.9 Å². The van der Waals surface area contributed by atoms with Crippen LogP contribution in [0.5, 0.6) is 5.75 Å². The summed E-state index contributed by atoms with van der Waals surface area (Å²) >= 11 is 0. The van der Waals surface area contributed by atoms with Gasteiger partial charge in [-0.1, -0.05) is 6.07 Å². The minimum Gasteiger partial charge on any atom is -0.496 e. The van der Waals surface area contributed by atoms with Crippen LogP contribution >= 0.6 is 0 Å². The lowest BCUT2D eigenvalue weighted by molar-refractivity contribution is 0.199. The zero-order valence-electron chi connectivity index (χ0n) is 12.3. The maximum Gasteiger partial charge on any atom is 0.124 e.